The molecule has 0 saturated carbocycles. The van der Waals surface area contributed by atoms with E-state index in [9.17, 15) is 4.21 Å². The van der Waals surface area contributed by atoms with E-state index in [0.29, 0.717) is 0 Å². The van der Waals surface area contributed by atoms with Crippen molar-refractivity contribution in [3.63, 3.8) is 0 Å². The first-order valence-corrected chi connectivity index (χ1v) is 3.30. The Bertz CT molecular complexity index is 77.0. The lowest BCUT2D eigenvalue weighted by atomic mass is 9.98. The molecule has 0 aromatic carbocycles. The smallest absolute Gasteiger partial charge is 0.0784 e. The van der Waals surface area contributed by atoms with Crippen LogP contribution in [0.2, 0.25) is 0 Å². The Morgan fingerprint density at radius 2 is 2.00 bits per heavy atom. The van der Waals surface area contributed by atoms with Crippen molar-refractivity contribution >= 4 is 11.9 Å². The second kappa shape index (κ2) is 3.20. The Kier molecular flexibility index (Phi) is 3.24. The van der Waals surface area contributed by atoms with Crippen LogP contribution in [-0.2, 0) is 11.9 Å². The van der Waals surface area contributed by atoms with Crippen LogP contribution in [0.4, 0.5) is 0 Å². The molecule has 0 bridgehead atoms. The molecule has 0 unspecified atom stereocenters. The number of hydrogen-bond acceptors (Lipinski definition) is 1. The van der Waals surface area contributed by atoms with E-state index in [2.05, 4.69) is 4.72 Å². The van der Waals surface area contributed by atoms with Crippen LogP contribution >= 0.6 is 0 Å². The van der Waals surface area contributed by atoms with Gasteiger partial charge in [-0.2, -0.15) is 0 Å². The Labute approximate surface area is 54.3 Å². The summed E-state index contributed by atoms with van der Waals surface area (Å²) in [5, 5.41) is 0. The second-order valence-corrected chi connectivity index (χ2v) is 3.17. The van der Waals surface area contributed by atoms with Crippen molar-refractivity contribution in [1.29, 1.82) is 0 Å². The average Bonchev–Trinajstić information content (AvgIpc) is 1.59. The average molecular weight is 134 g/mol. The van der Waals surface area contributed by atoms with E-state index >= 15 is 0 Å². The van der Waals surface area contributed by atoms with Crippen LogP contribution in [0, 0.1) is 12.0 Å². The van der Waals surface area contributed by atoms with Crippen molar-refractivity contribution < 1.29 is 4.21 Å². The van der Waals surface area contributed by atoms with Crippen LogP contribution in [0.1, 0.15) is 20.8 Å². The molecule has 0 rings (SSSR count). The molecule has 2 nitrogen and oxygen atoms in total. The minimum atomic E-state index is -0.0256. The summed E-state index contributed by atoms with van der Waals surface area (Å²) in [5.74, 6) is 0. The molecule has 0 amide bonds. The molecule has 0 heterocycles. The first-order valence-electron chi connectivity index (χ1n) is 2.48. The molecule has 0 fully saturated rings. The lowest BCUT2D eigenvalue weighted by molar-refractivity contribution is 0.478. The van der Waals surface area contributed by atoms with Crippen molar-refractivity contribution in [3.05, 3.63) is 6.54 Å². The van der Waals surface area contributed by atoms with Gasteiger partial charge in [0, 0.05) is 6.54 Å². The highest BCUT2D eigenvalue weighted by molar-refractivity contribution is 7.63. The molecule has 0 aromatic rings. The first kappa shape index (κ1) is 8.11. The zero-order valence-corrected chi connectivity index (χ0v) is 6.33. The molecule has 0 spiro atoms. The minimum Gasteiger partial charge on any atom is -0.246 e. The summed E-state index contributed by atoms with van der Waals surface area (Å²) in [6, 6.07) is 0. The van der Waals surface area contributed by atoms with Gasteiger partial charge in [-0.05, 0) is 5.41 Å². The van der Waals surface area contributed by atoms with Gasteiger partial charge in [0.15, 0.2) is 0 Å². The van der Waals surface area contributed by atoms with Crippen LogP contribution in [0.5, 0.6) is 0 Å². The standard InChI is InChI=1S/C5H12NOS/c1-5(2,3)4-6-8-7/h4,8H,1-3H3,(H,6,7). The topological polar surface area (TPSA) is 29.1 Å². The molecule has 1 radical (unpaired) electrons. The van der Waals surface area contributed by atoms with Crippen molar-refractivity contribution in [2.24, 2.45) is 5.41 Å². The van der Waals surface area contributed by atoms with Gasteiger partial charge in [-0.15, -0.1) is 0 Å². The Morgan fingerprint density at radius 1 is 1.50 bits per heavy atom. The van der Waals surface area contributed by atoms with Gasteiger partial charge in [0.05, 0.1) is 11.9 Å². The van der Waals surface area contributed by atoms with Crippen molar-refractivity contribution in [2.75, 3.05) is 0 Å². The Balaban J connectivity index is 3.24. The molecule has 0 aliphatic heterocycles. The third-order valence-electron chi connectivity index (χ3n) is 0.550. The van der Waals surface area contributed by atoms with Gasteiger partial charge in [-0.3, -0.25) is 0 Å². The van der Waals surface area contributed by atoms with Gasteiger partial charge in [-0.1, -0.05) is 20.8 Å². The first-order chi connectivity index (χ1) is 3.56. The van der Waals surface area contributed by atoms with E-state index in [1.165, 1.54) is 0 Å². The lowest BCUT2D eigenvalue weighted by Gasteiger charge is -2.14. The maximum atomic E-state index is 9.81. The fourth-order valence-corrected chi connectivity index (χ4v) is 0.660. The third kappa shape index (κ3) is 6.11. The molecule has 8 heavy (non-hydrogen) atoms. The summed E-state index contributed by atoms with van der Waals surface area (Å²) < 4.78 is 12.4. The van der Waals surface area contributed by atoms with E-state index < -0.39 is 0 Å². The second-order valence-electron chi connectivity index (χ2n) is 2.73. The van der Waals surface area contributed by atoms with Crippen LogP contribution < -0.4 is 4.72 Å². The molecular weight excluding hydrogens is 122 g/mol. The zero-order chi connectivity index (χ0) is 6.62. The maximum absolute atomic E-state index is 9.81. The summed E-state index contributed by atoms with van der Waals surface area (Å²) in [6.07, 6.45) is 0. The Morgan fingerprint density at radius 3 is 2.12 bits per heavy atom. The number of thiol groups is 1. The molecular formula is C5H12NOS. The SMILES string of the molecule is CC(C)(C)[CH]N[SH]=O. The summed E-state index contributed by atoms with van der Waals surface area (Å²) in [6.45, 7) is 7.89. The molecule has 49 valence electrons. The zero-order valence-electron chi connectivity index (χ0n) is 5.43. The molecule has 0 aliphatic carbocycles. The maximum Gasteiger partial charge on any atom is 0.0784 e. The molecule has 1 N–H and O–H groups in total. The van der Waals surface area contributed by atoms with Crippen molar-refractivity contribution in [2.45, 2.75) is 20.8 Å². The fraction of sp³-hybridized carbons (Fsp3) is 0.800. The number of rotatable bonds is 2. The van der Waals surface area contributed by atoms with Crippen molar-refractivity contribution in [1.82, 2.24) is 4.72 Å². The summed E-state index contributed by atoms with van der Waals surface area (Å²) in [4.78, 5) is 0. The summed E-state index contributed by atoms with van der Waals surface area (Å²) in [5.41, 5.74) is 0.109. The highest BCUT2D eigenvalue weighted by Gasteiger charge is 2.08. The quantitative estimate of drug-likeness (QED) is 0.533. The monoisotopic (exact) mass is 134 g/mol. The highest BCUT2D eigenvalue weighted by atomic mass is 32.2. The van der Waals surface area contributed by atoms with Gasteiger partial charge in [0.1, 0.15) is 0 Å². The van der Waals surface area contributed by atoms with Gasteiger partial charge in [0.25, 0.3) is 0 Å². The summed E-state index contributed by atoms with van der Waals surface area (Å²) >= 11 is -0.0256. The minimum absolute atomic E-state index is 0.0256. The van der Waals surface area contributed by atoms with Gasteiger partial charge in [-0.25, -0.2) is 8.93 Å². The van der Waals surface area contributed by atoms with Crippen LogP contribution in [0.25, 0.3) is 0 Å². The normalized spacial score (nSPS) is 11.9. The number of hydrogen-bond donors (Lipinski definition) is 2. The van der Waals surface area contributed by atoms with E-state index in [-0.39, 0.29) is 17.3 Å². The van der Waals surface area contributed by atoms with E-state index in [4.69, 9.17) is 0 Å². The van der Waals surface area contributed by atoms with Crippen molar-refractivity contribution in [3.8, 4) is 0 Å². The fourth-order valence-electron chi connectivity index (χ4n) is 0.220. The molecule has 0 saturated heterocycles. The predicted octanol–water partition coefficient (Wildman–Crippen LogP) is 0.644. The van der Waals surface area contributed by atoms with E-state index in [1.54, 1.807) is 6.54 Å². The molecule has 0 aliphatic rings. The van der Waals surface area contributed by atoms with E-state index in [1.807, 2.05) is 20.8 Å². The van der Waals surface area contributed by atoms with Gasteiger partial charge < -0.3 is 0 Å². The largest absolute Gasteiger partial charge is 0.246 e. The third-order valence-corrected chi connectivity index (χ3v) is 0.785. The number of nitrogens with one attached hydrogen (secondary N) is 1. The predicted molar refractivity (Wildman–Crippen MR) is 36.4 cm³/mol. The molecule has 0 aromatic heterocycles. The van der Waals surface area contributed by atoms with Crippen LogP contribution in [-0.4, -0.2) is 4.21 Å². The van der Waals surface area contributed by atoms with Crippen LogP contribution in [0.3, 0.4) is 0 Å². The van der Waals surface area contributed by atoms with Crippen LogP contribution in [0.15, 0.2) is 0 Å². The lowest BCUT2D eigenvalue weighted by Crippen LogP contribution is -2.16. The molecule has 0 atom stereocenters. The molecule has 3 heteroatoms. The van der Waals surface area contributed by atoms with Gasteiger partial charge >= 0.3 is 0 Å². The van der Waals surface area contributed by atoms with E-state index in [0.717, 1.165) is 0 Å². The highest BCUT2D eigenvalue weighted by Crippen LogP contribution is 2.13. The summed E-state index contributed by atoms with van der Waals surface area (Å²) in [7, 11) is 0. The van der Waals surface area contributed by atoms with Gasteiger partial charge in [0.2, 0.25) is 0 Å². The Hall–Kier alpha value is 0.110.